The van der Waals surface area contributed by atoms with E-state index in [9.17, 15) is 32.3 Å². The average molecular weight is 1180 g/mol. The molecule has 1 atom stereocenters. The Balaban J connectivity index is 0.00000238. The fourth-order valence-electron chi connectivity index (χ4n) is 8.09. The number of thioether (sulfide) groups is 1. The molecule has 0 saturated carbocycles. The second-order valence-electron chi connectivity index (χ2n) is 17.4. The third kappa shape index (κ3) is 21.2. The van der Waals surface area contributed by atoms with E-state index < -0.39 is 29.6 Å². The van der Waals surface area contributed by atoms with E-state index >= 15 is 0 Å². The zero-order chi connectivity index (χ0) is 57.6. The normalized spacial score (nSPS) is 14.9. The van der Waals surface area contributed by atoms with Gasteiger partial charge in [0.25, 0.3) is 17.7 Å². The number of benzene rings is 2. The second kappa shape index (κ2) is 37.7. The number of fused-ring (bicyclic) bond motifs is 1. The number of hydrogen-bond acceptors (Lipinski definition) is 16. The number of aryl methyl sites for hydroxylation is 1. The minimum atomic E-state index is -4.58. The molecule has 4 amide bonds. The van der Waals surface area contributed by atoms with Crippen LogP contribution in [0.2, 0.25) is 0 Å². The van der Waals surface area contributed by atoms with Crippen molar-refractivity contribution < 1.29 is 90.2 Å². The number of alkyl halides is 3. The summed E-state index contributed by atoms with van der Waals surface area (Å²) in [6.45, 7) is 20.0. The zero-order valence-electron chi connectivity index (χ0n) is 47.4. The maximum absolute atomic E-state index is 13.4. The number of hydrogen-bond donors (Lipinski definition) is 1. The Hall–Kier alpha value is -5.30. The van der Waals surface area contributed by atoms with E-state index in [4.69, 9.17) is 37.9 Å². The van der Waals surface area contributed by atoms with Gasteiger partial charge in [0.1, 0.15) is 37.4 Å². The van der Waals surface area contributed by atoms with Crippen molar-refractivity contribution in [2.45, 2.75) is 86.5 Å². The number of imide groups is 1. The molecule has 18 nitrogen and oxygen atoms in total. The Morgan fingerprint density at radius 1 is 0.787 bits per heavy atom. The van der Waals surface area contributed by atoms with Gasteiger partial charge >= 0.3 is 6.18 Å². The zero-order valence-corrected chi connectivity index (χ0v) is 49.6. The Labute approximate surface area is 486 Å². The number of aromatic nitrogens is 2. The Morgan fingerprint density at radius 3 is 2.02 bits per heavy atom. The molecule has 1 unspecified atom stereocenters. The van der Waals surface area contributed by atoms with Crippen LogP contribution in [0.25, 0.3) is 11.1 Å². The number of nitrogens with one attached hydrogen (secondary N) is 1. The Bertz CT molecular complexity index is 2520. The molecule has 80 heavy (non-hydrogen) atoms. The Kier molecular flexibility index (Phi) is 32.5. The van der Waals surface area contributed by atoms with Gasteiger partial charge < -0.3 is 53.0 Å². The first-order valence-corrected chi connectivity index (χ1v) is 28.4. The molecule has 2 saturated heterocycles. The van der Waals surface area contributed by atoms with Crippen molar-refractivity contribution in [2.75, 3.05) is 128 Å². The second-order valence-corrected chi connectivity index (χ2v) is 18.3. The van der Waals surface area contributed by atoms with E-state index in [1.54, 1.807) is 42.2 Å². The van der Waals surface area contributed by atoms with Crippen molar-refractivity contribution in [2.24, 2.45) is 0 Å². The van der Waals surface area contributed by atoms with Gasteiger partial charge in [0.2, 0.25) is 11.8 Å². The molecule has 23 heteroatoms. The summed E-state index contributed by atoms with van der Waals surface area (Å²) in [5.74, 6) is -0.0150. The monoisotopic (exact) mass is 1180 g/mol. The smallest absolute Gasteiger partial charge is 0.416 e. The largest absolute Gasteiger partial charge is 0.491 e. The minimum Gasteiger partial charge on any atom is -0.491 e. The van der Waals surface area contributed by atoms with Crippen molar-refractivity contribution in [3.63, 3.8) is 0 Å². The molecular formula is C57H81F3N6O12SV. The van der Waals surface area contributed by atoms with E-state index in [0.29, 0.717) is 124 Å². The van der Waals surface area contributed by atoms with E-state index in [1.807, 2.05) is 46.9 Å². The molecule has 0 bridgehead atoms. The number of piperidine rings is 1. The van der Waals surface area contributed by atoms with Crippen molar-refractivity contribution in [3.8, 4) is 22.8 Å². The van der Waals surface area contributed by atoms with Gasteiger partial charge in [0, 0.05) is 85.0 Å². The van der Waals surface area contributed by atoms with E-state index in [0.717, 1.165) is 28.5 Å². The van der Waals surface area contributed by atoms with Crippen LogP contribution in [-0.4, -0.2) is 167 Å². The maximum Gasteiger partial charge on any atom is 0.416 e. The van der Waals surface area contributed by atoms with Gasteiger partial charge in [0.05, 0.1) is 96.7 Å². The van der Waals surface area contributed by atoms with Gasteiger partial charge in [0.15, 0.2) is 0 Å². The summed E-state index contributed by atoms with van der Waals surface area (Å²) in [7, 11) is 0. The standard InChI is InChI=1S/C50H59F3N6O12S.C3H8.2C2H6.V.H2/c1-34-40(29-38(31-54-34)56-46(61)35-5-3-6-37(27-35)50(51,52)53)36-28-43(57-11-13-64-14-12-57)47(55-30-36)71-24-22-68-20-18-66-16-15-65-17-19-67-21-23-70-44-8-4-7-39-41(44)32-58(48(39)62)42-9-10-45(60)59(49(42)63)33-69-25-26-72-2;1-3-2;2*1-2;;/h3-8,27-31,42H,9-26,32-33H2,1-2H3,(H,56,61);3H2,1-2H3;2*1-2H3;;1H. The van der Waals surface area contributed by atoms with Gasteiger partial charge in [-0.15, -0.1) is 0 Å². The fourth-order valence-corrected chi connectivity index (χ4v) is 8.37. The number of halogens is 3. The van der Waals surface area contributed by atoms with E-state index in [2.05, 4.69) is 34.0 Å². The van der Waals surface area contributed by atoms with E-state index in [1.165, 1.54) is 29.7 Å². The van der Waals surface area contributed by atoms with Crippen LogP contribution >= 0.6 is 11.8 Å². The first-order valence-electron chi connectivity index (χ1n) is 27.0. The topological polar surface area (TPSA) is 190 Å². The number of carbonyl (C=O) groups is 4. The van der Waals surface area contributed by atoms with Gasteiger partial charge in [-0.3, -0.25) is 29.1 Å². The van der Waals surface area contributed by atoms with Crippen LogP contribution < -0.4 is 19.7 Å². The minimum absolute atomic E-state index is 0. The van der Waals surface area contributed by atoms with E-state index in [-0.39, 0.29) is 83.3 Å². The number of ether oxygens (including phenoxy) is 8. The molecule has 7 rings (SSSR count). The molecule has 0 aliphatic carbocycles. The quantitative estimate of drug-likeness (QED) is 0.0438. The summed E-state index contributed by atoms with van der Waals surface area (Å²) in [6.07, 6.45) is 2.11. The number of nitrogens with zero attached hydrogens (tertiary/aromatic N) is 5. The molecule has 5 heterocycles. The molecule has 2 fully saturated rings. The third-order valence-electron chi connectivity index (χ3n) is 11.8. The van der Waals surface area contributed by atoms with Crippen LogP contribution in [0.4, 0.5) is 24.5 Å². The molecule has 2 aromatic carbocycles. The first kappa shape index (κ1) is 69.0. The molecule has 1 radical (unpaired) electrons. The van der Waals surface area contributed by atoms with Crippen LogP contribution in [0.1, 0.15) is 99.8 Å². The predicted molar refractivity (Wildman–Crippen MR) is 300 cm³/mol. The molecule has 2 aromatic heterocycles. The molecule has 3 aliphatic rings. The molecule has 4 aromatic rings. The van der Waals surface area contributed by atoms with Crippen LogP contribution in [0.5, 0.6) is 11.6 Å². The summed E-state index contributed by atoms with van der Waals surface area (Å²) in [6, 6.07) is 12.3. The summed E-state index contributed by atoms with van der Waals surface area (Å²) in [5, 5.41) is 2.66. The van der Waals surface area contributed by atoms with Gasteiger partial charge in [-0.25, -0.2) is 4.98 Å². The Morgan fingerprint density at radius 2 is 1.40 bits per heavy atom. The number of morpholine rings is 1. The van der Waals surface area contributed by atoms with Crippen LogP contribution in [-0.2, 0) is 69.3 Å². The summed E-state index contributed by atoms with van der Waals surface area (Å²) >= 11 is 1.60. The van der Waals surface area contributed by atoms with Gasteiger partial charge in [-0.2, -0.15) is 24.9 Å². The SMILES string of the molecule is CC.CC.CCC.CSCCOCN1C(=O)CCC(N2Cc3c(OCCOCCOCCOCCOCCOc4ncc(-c5cc(NC(=O)c6cccc(C(F)(F)F)c6)cnc5C)cc4N4CCOCC4)cccc3C2=O)C1=O.[HH].[V]. The van der Waals surface area contributed by atoms with Gasteiger partial charge in [-0.1, -0.05) is 60.1 Å². The van der Waals surface area contributed by atoms with Crippen molar-refractivity contribution in [1.29, 1.82) is 0 Å². The summed E-state index contributed by atoms with van der Waals surface area (Å²) in [4.78, 5) is 65.9. The predicted octanol–water partition coefficient (Wildman–Crippen LogP) is 9.61. The van der Waals surface area contributed by atoms with Crippen LogP contribution in [0, 0.1) is 6.92 Å². The first-order chi connectivity index (χ1) is 38.3. The molecular weight excluding hydrogens is 1100 g/mol. The fraction of sp³-hybridized carbons (Fsp3) is 0.544. The number of likely N-dealkylation sites (tertiary alicyclic amines) is 1. The van der Waals surface area contributed by atoms with Crippen LogP contribution in [0.3, 0.4) is 0 Å². The van der Waals surface area contributed by atoms with Crippen molar-refractivity contribution in [3.05, 3.63) is 94.9 Å². The molecule has 1 N–H and O–H groups in total. The number of carbonyl (C=O) groups excluding carboxylic acids is 4. The maximum atomic E-state index is 13.4. The molecule has 0 spiro atoms. The number of rotatable bonds is 27. The number of anilines is 2. The van der Waals surface area contributed by atoms with Crippen molar-refractivity contribution in [1.82, 2.24) is 19.8 Å². The average Bonchev–Trinajstić information content (AvgIpc) is 3.90. The molecule has 443 valence electrons. The summed E-state index contributed by atoms with van der Waals surface area (Å²) in [5.41, 5.74) is 3.19. The number of pyridine rings is 2. The third-order valence-corrected chi connectivity index (χ3v) is 12.4. The number of amides is 4. The van der Waals surface area contributed by atoms with Crippen molar-refractivity contribution >= 4 is 46.8 Å². The molecule has 3 aliphatic heterocycles. The summed E-state index contributed by atoms with van der Waals surface area (Å²) < 4.78 is 85.6. The van der Waals surface area contributed by atoms with Gasteiger partial charge in [-0.05, 0) is 62.1 Å². The van der Waals surface area contributed by atoms with Crippen LogP contribution in [0.15, 0.2) is 67.0 Å².